The van der Waals surface area contributed by atoms with Gasteiger partial charge >= 0.3 is 0 Å². The highest BCUT2D eigenvalue weighted by Gasteiger charge is 2.14. The molecule has 0 spiro atoms. The van der Waals surface area contributed by atoms with Crippen LogP contribution >= 0.6 is 22.6 Å². The Morgan fingerprint density at radius 1 is 1.04 bits per heavy atom. The summed E-state index contributed by atoms with van der Waals surface area (Å²) < 4.78 is 11.6. The lowest BCUT2D eigenvalue weighted by molar-refractivity contribution is 0.0844. The van der Waals surface area contributed by atoms with E-state index in [4.69, 9.17) is 9.47 Å². The molecule has 7 heteroatoms. The van der Waals surface area contributed by atoms with Gasteiger partial charge in [0.05, 0.1) is 22.9 Å². The van der Waals surface area contributed by atoms with Crippen molar-refractivity contribution in [3.63, 3.8) is 0 Å². The Labute approximate surface area is 166 Å². The molecule has 0 radical (unpaired) electrons. The normalized spacial score (nSPS) is 10.1. The maximum Gasteiger partial charge on any atom is 0.273 e. The SMILES string of the molecule is CCCCOc1ccccc1C(=O)NNC(=O)c1ccc(OC)c(I)c1. The fourth-order valence-electron chi connectivity index (χ4n) is 2.17. The smallest absolute Gasteiger partial charge is 0.273 e. The van der Waals surface area contributed by atoms with Gasteiger partial charge in [0.2, 0.25) is 0 Å². The molecule has 0 atom stereocenters. The van der Waals surface area contributed by atoms with Gasteiger partial charge in [-0.15, -0.1) is 0 Å². The minimum atomic E-state index is -0.436. The first kappa shape index (κ1) is 20.0. The molecule has 2 aromatic carbocycles. The van der Waals surface area contributed by atoms with E-state index in [1.54, 1.807) is 49.6 Å². The molecule has 26 heavy (non-hydrogen) atoms. The number of benzene rings is 2. The molecule has 0 aliphatic carbocycles. The molecule has 138 valence electrons. The minimum Gasteiger partial charge on any atom is -0.496 e. The lowest BCUT2D eigenvalue weighted by atomic mass is 10.2. The Balaban J connectivity index is 2.00. The van der Waals surface area contributed by atoms with Crippen LogP contribution in [0.2, 0.25) is 0 Å². The van der Waals surface area contributed by atoms with Crippen LogP contribution in [0.25, 0.3) is 0 Å². The van der Waals surface area contributed by atoms with Crippen LogP contribution in [-0.2, 0) is 0 Å². The zero-order valence-corrected chi connectivity index (χ0v) is 16.8. The van der Waals surface area contributed by atoms with E-state index < -0.39 is 11.8 Å². The van der Waals surface area contributed by atoms with Crippen LogP contribution in [0.1, 0.15) is 40.5 Å². The molecule has 0 aromatic heterocycles. The Kier molecular flexibility index (Phi) is 7.71. The van der Waals surface area contributed by atoms with E-state index in [9.17, 15) is 9.59 Å². The van der Waals surface area contributed by atoms with Gasteiger partial charge in [-0.25, -0.2) is 0 Å². The lowest BCUT2D eigenvalue weighted by Gasteiger charge is -2.12. The number of hydrogen-bond donors (Lipinski definition) is 2. The molecule has 6 nitrogen and oxygen atoms in total. The Morgan fingerprint density at radius 2 is 1.77 bits per heavy atom. The van der Waals surface area contributed by atoms with Gasteiger partial charge in [-0.3, -0.25) is 20.4 Å². The number of carbonyl (C=O) groups is 2. The molecule has 0 saturated heterocycles. The van der Waals surface area contributed by atoms with Crippen LogP contribution in [0.15, 0.2) is 42.5 Å². The summed E-state index contributed by atoms with van der Waals surface area (Å²) in [5, 5.41) is 0. The molecule has 0 aliphatic heterocycles. The van der Waals surface area contributed by atoms with E-state index in [0.717, 1.165) is 16.4 Å². The zero-order valence-electron chi connectivity index (χ0n) is 14.7. The highest BCUT2D eigenvalue weighted by molar-refractivity contribution is 14.1. The van der Waals surface area contributed by atoms with Crippen molar-refractivity contribution in [3.8, 4) is 11.5 Å². The summed E-state index contributed by atoms with van der Waals surface area (Å²) in [6, 6.07) is 11.9. The summed E-state index contributed by atoms with van der Waals surface area (Å²) >= 11 is 2.08. The highest BCUT2D eigenvalue weighted by atomic mass is 127. The van der Waals surface area contributed by atoms with E-state index in [1.807, 2.05) is 0 Å². The largest absolute Gasteiger partial charge is 0.496 e. The van der Waals surface area contributed by atoms with Crippen LogP contribution in [0.4, 0.5) is 0 Å². The van der Waals surface area contributed by atoms with E-state index >= 15 is 0 Å². The second kappa shape index (κ2) is 10.0. The quantitative estimate of drug-likeness (QED) is 0.370. The van der Waals surface area contributed by atoms with Crippen molar-refractivity contribution in [2.45, 2.75) is 19.8 Å². The van der Waals surface area contributed by atoms with Crippen LogP contribution in [0.5, 0.6) is 11.5 Å². The second-order valence-electron chi connectivity index (χ2n) is 5.46. The molecular formula is C19H21IN2O4. The van der Waals surface area contributed by atoms with Crippen molar-refractivity contribution in [3.05, 3.63) is 57.2 Å². The van der Waals surface area contributed by atoms with E-state index in [2.05, 4.69) is 40.4 Å². The van der Waals surface area contributed by atoms with Gasteiger partial charge in [-0.05, 0) is 59.3 Å². The van der Waals surface area contributed by atoms with Gasteiger partial charge in [-0.1, -0.05) is 25.5 Å². The van der Waals surface area contributed by atoms with Crippen LogP contribution in [0.3, 0.4) is 0 Å². The predicted molar refractivity (Wildman–Crippen MR) is 107 cm³/mol. The average Bonchev–Trinajstić information content (AvgIpc) is 2.66. The molecule has 2 amide bonds. The number of amides is 2. The summed E-state index contributed by atoms with van der Waals surface area (Å²) in [7, 11) is 1.57. The van der Waals surface area contributed by atoms with Gasteiger partial charge in [0.1, 0.15) is 11.5 Å². The topological polar surface area (TPSA) is 76.7 Å². The standard InChI is InChI=1S/C19H21IN2O4/c1-3-4-11-26-16-8-6-5-7-14(16)19(24)22-21-18(23)13-9-10-17(25-2)15(20)12-13/h5-10,12H,3-4,11H2,1-2H3,(H,21,23)(H,22,24). The zero-order chi connectivity index (χ0) is 18.9. The van der Waals surface area contributed by atoms with E-state index in [0.29, 0.717) is 29.2 Å². The van der Waals surface area contributed by atoms with Gasteiger partial charge < -0.3 is 9.47 Å². The number of unbranched alkanes of at least 4 members (excludes halogenated alkanes) is 1. The first-order valence-electron chi connectivity index (χ1n) is 8.22. The van der Waals surface area contributed by atoms with Gasteiger partial charge in [0.25, 0.3) is 11.8 Å². The maximum absolute atomic E-state index is 12.4. The molecule has 0 saturated carbocycles. The van der Waals surface area contributed by atoms with Crippen LogP contribution in [-0.4, -0.2) is 25.5 Å². The second-order valence-corrected chi connectivity index (χ2v) is 6.62. The number of carbonyl (C=O) groups excluding carboxylic acids is 2. The van der Waals surface area contributed by atoms with Crippen LogP contribution in [0, 0.1) is 3.57 Å². The van der Waals surface area contributed by atoms with Crippen molar-refractivity contribution >= 4 is 34.4 Å². The first-order valence-corrected chi connectivity index (χ1v) is 9.30. The third-order valence-electron chi connectivity index (χ3n) is 3.59. The van der Waals surface area contributed by atoms with E-state index in [1.165, 1.54) is 0 Å². The highest BCUT2D eigenvalue weighted by Crippen LogP contribution is 2.21. The van der Waals surface area contributed by atoms with Gasteiger partial charge in [0.15, 0.2) is 0 Å². The fourth-order valence-corrected chi connectivity index (χ4v) is 2.90. The van der Waals surface area contributed by atoms with Crippen molar-refractivity contribution in [2.24, 2.45) is 0 Å². The number of nitrogens with one attached hydrogen (secondary N) is 2. The monoisotopic (exact) mass is 468 g/mol. The Bertz CT molecular complexity index is 780. The first-order chi connectivity index (χ1) is 12.6. The summed E-state index contributed by atoms with van der Waals surface area (Å²) in [4.78, 5) is 24.6. The number of para-hydroxylation sites is 1. The molecule has 0 heterocycles. The van der Waals surface area contributed by atoms with Crippen LogP contribution < -0.4 is 20.3 Å². The van der Waals surface area contributed by atoms with Gasteiger partial charge in [0, 0.05) is 5.56 Å². The number of hydrazine groups is 1. The summed E-state index contributed by atoms with van der Waals surface area (Å²) in [6.07, 6.45) is 1.91. The molecule has 0 unspecified atom stereocenters. The summed E-state index contributed by atoms with van der Waals surface area (Å²) in [5.41, 5.74) is 5.63. The number of methoxy groups -OCH3 is 1. The van der Waals surface area contributed by atoms with E-state index in [-0.39, 0.29) is 0 Å². The van der Waals surface area contributed by atoms with Gasteiger partial charge in [-0.2, -0.15) is 0 Å². The van der Waals surface area contributed by atoms with Crippen molar-refractivity contribution in [2.75, 3.05) is 13.7 Å². The Morgan fingerprint density at radius 3 is 2.46 bits per heavy atom. The Hall–Kier alpha value is -2.29. The predicted octanol–water partition coefficient (Wildman–Crippen LogP) is 3.55. The lowest BCUT2D eigenvalue weighted by Crippen LogP contribution is -2.41. The molecule has 0 fully saturated rings. The minimum absolute atomic E-state index is 0.369. The number of rotatable bonds is 7. The summed E-state index contributed by atoms with van der Waals surface area (Å²) in [5.74, 6) is 0.327. The molecule has 2 N–H and O–H groups in total. The molecule has 2 aromatic rings. The molecule has 2 rings (SSSR count). The number of halogens is 1. The molecular weight excluding hydrogens is 447 g/mol. The number of ether oxygens (including phenoxy) is 2. The fraction of sp³-hybridized carbons (Fsp3) is 0.263. The van der Waals surface area contributed by atoms with Crippen molar-refractivity contribution in [1.82, 2.24) is 10.9 Å². The third kappa shape index (κ3) is 5.35. The molecule has 0 aliphatic rings. The molecule has 0 bridgehead atoms. The average molecular weight is 468 g/mol. The maximum atomic E-state index is 12.4. The van der Waals surface area contributed by atoms with Crippen molar-refractivity contribution < 1.29 is 19.1 Å². The summed E-state index contributed by atoms with van der Waals surface area (Å²) in [6.45, 7) is 2.61. The number of hydrogen-bond acceptors (Lipinski definition) is 4. The van der Waals surface area contributed by atoms with Crippen molar-refractivity contribution in [1.29, 1.82) is 0 Å². The third-order valence-corrected chi connectivity index (χ3v) is 4.43.